The van der Waals surface area contributed by atoms with Gasteiger partial charge in [-0.3, -0.25) is 19.2 Å². The first kappa shape index (κ1) is 29.5. The maximum Gasteiger partial charge on any atom is 0.303 e. The molecule has 0 bridgehead atoms. The minimum atomic E-state index is -0.986. The number of Topliss-reactive ketones (excluding diaryl/α,β-unsaturated/α-hetero) is 1. The molecule has 2 amide bonds. The van der Waals surface area contributed by atoms with Crippen molar-refractivity contribution >= 4 is 23.6 Å². The molecule has 0 spiro atoms. The van der Waals surface area contributed by atoms with Gasteiger partial charge >= 0.3 is 5.97 Å². The van der Waals surface area contributed by atoms with Crippen LogP contribution in [0.1, 0.15) is 69.8 Å². The molecule has 1 aromatic carbocycles. The van der Waals surface area contributed by atoms with Crippen LogP contribution < -0.4 is 21.7 Å². The predicted octanol–water partition coefficient (Wildman–Crippen LogP) is 1.93. The molecule has 6 N–H and O–H groups in total. The highest BCUT2D eigenvalue weighted by Gasteiger charge is 2.29. The Morgan fingerprint density at radius 2 is 1.69 bits per heavy atom. The lowest BCUT2D eigenvalue weighted by Crippen LogP contribution is -2.53. The minimum Gasteiger partial charge on any atom is -0.481 e. The molecule has 1 aliphatic rings. The van der Waals surface area contributed by atoms with E-state index in [2.05, 4.69) is 16.0 Å². The summed E-state index contributed by atoms with van der Waals surface area (Å²) >= 11 is 0. The molecule has 200 valence electrons. The van der Waals surface area contributed by atoms with Gasteiger partial charge in [0.1, 0.15) is 0 Å². The van der Waals surface area contributed by atoms with E-state index in [9.17, 15) is 19.2 Å². The van der Waals surface area contributed by atoms with Crippen molar-refractivity contribution in [2.45, 2.75) is 82.7 Å². The lowest BCUT2D eigenvalue weighted by atomic mass is 9.89. The van der Waals surface area contributed by atoms with Gasteiger partial charge in [-0.2, -0.15) is 0 Å². The summed E-state index contributed by atoms with van der Waals surface area (Å²) in [5.41, 5.74) is 6.63. The fourth-order valence-corrected chi connectivity index (χ4v) is 4.54. The number of carbonyl (C=O) groups excluding carboxylic acids is 3. The molecule has 2 atom stereocenters. The third-order valence-corrected chi connectivity index (χ3v) is 6.69. The zero-order valence-corrected chi connectivity index (χ0v) is 21.2. The van der Waals surface area contributed by atoms with Crippen molar-refractivity contribution in [2.24, 2.45) is 11.7 Å². The zero-order chi connectivity index (χ0) is 26.2. The lowest BCUT2D eigenvalue weighted by molar-refractivity contribution is -0.140. The summed E-state index contributed by atoms with van der Waals surface area (Å²) < 4.78 is 0. The van der Waals surface area contributed by atoms with Crippen LogP contribution >= 0.6 is 0 Å². The first-order valence-electron chi connectivity index (χ1n) is 13.2. The van der Waals surface area contributed by atoms with Gasteiger partial charge < -0.3 is 26.8 Å². The van der Waals surface area contributed by atoms with Crippen LogP contribution in [-0.2, 0) is 25.6 Å². The average Bonchev–Trinajstić information content (AvgIpc) is 2.88. The first-order valence-corrected chi connectivity index (χ1v) is 13.2. The number of nitrogens with one attached hydrogen (secondary N) is 3. The van der Waals surface area contributed by atoms with E-state index in [1.165, 1.54) is 6.42 Å². The van der Waals surface area contributed by atoms with Crippen molar-refractivity contribution in [2.75, 3.05) is 19.6 Å². The van der Waals surface area contributed by atoms with E-state index >= 15 is 0 Å². The topological polar surface area (TPSA) is 151 Å². The van der Waals surface area contributed by atoms with Crippen molar-refractivity contribution in [3.63, 3.8) is 0 Å². The molecule has 1 fully saturated rings. The van der Waals surface area contributed by atoms with Crippen LogP contribution in [0.3, 0.4) is 0 Å². The Morgan fingerprint density at radius 1 is 0.972 bits per heavy atom. The summed E-state index contributed by atoms with van der Waals surface area (Å²) in [4.78, 5) is 49.8. The number of ketones is 1. The van der Waals surface area contributed by atoms with Crippen molar-refractivity contribution in [3.8, 4) is 0 Å². The smallest absolute Gasteiger partial charge is 0.303 e. The molecular weight excluding hydrogens is 460 g/mol. The molecule has 2 rings (SSSR count). The molecule has 1 aliphatic carbocycles. The highest BCUT2D eigenvalue weighted by molar-refractivity contribution is 6.38. The van der Waals surface area contributed by atoms with Crippen molar-refractivity contribution in [1.29, 1.82) is 0 Å². The second-order valence-corrected chi connectivity index (χ2v) is 9.60. The van der Waals surface area contributed by atoms with Gasteiger partial charge in [-0.25, -0.2) is 0 Å². The van der Waals surface area contributed by atoms with Crippen LogP contribution in [0.2, 0.25) is 0 Å². The fourth-order valence-electron chi connectivity index (χ4n) is 4.54. The van der Waals surface area contributed by atoms with Crippen LogP contribution in [-0.4, -0.2) is 60.4 Å². The highest BCUT2D eigenvalue weighted by Crippen LogP contribution is 2.23. The van der Waals surface area contributed by atoms with E-state index in [1.54, 1.807) is 0 Å². The number of carbonyl (C=O) groups is 4. The number of amides is 2. The molecular formula is C27H42N4O5. The first-order chi connectivity index (χ1) is 17.4. The van der Waals surface area contributed by atoms with E-state index in [0.29, 0.717) is 51.2 Å². The number of nitrogens with two attached hydrogens (primary N) is 1. The molecule has 1 unspecified atom stereocenters. The van der Waals surface area contributed by atoms with E-state index in [1.807, 2.05) is 30.3 Å². The number of unbranched alkanes of at least 4 members (excludes halogenated alkanes) is 1. The third kappa shape index (κ3) is 11.3. The van der Waals surface area contributed by atoms with Gasteiger partial charge in [-0.05, 0) is 69.5 Å². The highest BCUT2D eigenvalue weighted by atomic mass is 16.4. The monoisotopic (exact) mass is 502 g/mol. The van der Waals surface area contributed by atoms with Crippen LogP contribution in [0.15, 0.2) is 30.3 Å². The number of aliphatic carboxylic acids is 1. The van der Waals surface area contributed by atoms with Gasteiger partial charge in [0.05, 0.1) is 12.1 Å². The maximum atomic E-state index is 13.1. The Balaban J connectivity index is 1.97. The largest absolute Gasteiger partial charge is 0.481 e. The van der Waals surface area contributed by atoms with E-state index in [-0.39, 0.29) is 12.8 Å². The Hall–Kier alpha value is -2.78. The Labute approximate surface area is 214 Å². The fraction of sp³-hybridized carbons (Fsp3) is 0.630. The van der Waals surface area contributed by atoms with Gasteiger partial charge in [0.25, 0.3) is 5.91 Å². The van der Waals surface area contributed by atoms with E-state index in [4.69, 9.17) is 10.8 Å². The van der Waals surface area contributed by atoms with E-state index < -0.39 is 35.7 Å². The van der Waals surface area contributed by atoms with E-state index in [0.717, 1.165) is 31.2 Å². The van der Waals surface area contributed by atoms with Gasteiger partial charge in [0.15, 0.2) is 0 Å². The molecule has 9 nitrogen and oxygen atoms in total. The number of hydrogen-bond acceptors (Lipinski definition) is 6. The number of carboxylic acid groups (broad SMARTS) is 1. The molecule has 1 aromatic rings. The maximum absolute atomic E-state index is 13.1. The Morgan fingerprint density at radius 3 is 2.36 bits per heavy atom. The Kier molecular flexibility index (Phi) is 13.8. The molecule has 0 radical (unpaired) electrons. The number of carboxylic acids is 1. The van der Waals surface area contributed by atoms with Crippen LogP contribution in [0.4, 0.5) is 0 Å². The summed E-state index contributed by atoms with van der Waals surface area (Å²) in [7, 11) is 0. The molecule has 9 heteroatoms. The van der Waals surface area contributed by atoms with Crippen LogP contribution in [0.5, 0.6) is 0 Å². The average molecular weight is 503 g/mol. The number of rotatable bonds is 17. The van der Waals surface area contributed by atoms with Gasteiger partial charge in [0.2, 0.25) is 11.7 Å². The van der Waals surface area contributed by atoms with Crippen molar-refractivity contribution < 1.29 is 24.3 Å². The summed E-state index contributed by atoms with van der Waals surface area (Å²) in [6, 6.07) is 7.90. The molecule has 0 aliphatic heterocycles. The summed E-state index contributed by atoms with van der Waals surface area (Å²) in [5, 5.41) is 17.7. The summed E-state index contributed by atoms with van der Waals surface area (Å²) in [6.45, 7) is 1.38. The summed E-state index contributed by atoms with van der Waals surface area (Å²) in [5.74, 6) is -2.41. The van der Waals surface area contributed by atoms with Gasteiger partial charge in [-0.15, -0.1) is 0 Å². The van der Waals surface area contributed by atoms with Crippen LogP contribution in [0, 0.1) is 5.92 Å². The minimum absolute atomic E-state index is 0.112. The normalized spacial score (nSPS) is 15.6. The molecule has 0 saturated heterocycles. The zero-order valence-electron chi connectivity index (χ0n) is 21.2. The molecule has 0 heterocycles. The molecule has 0 aromatic heterocycles. The van der Waals surface area contributed by atoms with Crippen molar-refractivity contribution in [1.82, 2.24) is 16.0 Å². The quantitative estimate of drug-likeness (QED) is 0.161. The van der Waals surface area contributed by atoms with Gasteiger partial charge in [-0.1, -0.05) is 49.6 Å². The second kappa shape index (κ2) is 16.8. The summed E-state index contributed by atoms with van der Waals surface area (Å²) in [6.07, 6.45) is 7.80. The van der Waals surface area contributed by atoms with Gasteiger partial charge in [0, 0.05) is 13.0 Å². The predicted molar refractivity (Wildman–Crippen MR) is 138 cm³/mol. The standard InChI is InChI=1S/C27H42N4O5/c28-17-8-7-13-22(25(34)27(36)29-18-16-20-9-3-1-4-10-20)31-26(35)23(14-15-24(32)33)30-19-21-11-5-2-6-12-21/h1,3-4,9-10,21-23,30H,2,5-8,11-19,28H2,(H,29,36)(H,31,35)(H,32,33)/t22?,23-/m0/s1. The third-order valence-electron chi connectivity index (χ3n) is 6.69. The molecule has 36 heavy (non-hydrogen) atoms. The lowest BCUT2D eigenvalue weighted by Gasteiger charge is -2.26. The molecule has 1 saturated carbocycles. The Bertz CT molecular complexity index is 827. The number of benzene rings is 1. The second-order valence-electron chi connectivity index (χ2n) is 9.60. The SMILES string of the molecule is NCCCCC(NC(=O)[C@H](CCC(=O)O)NCC1CCCCC1)C(=O)C(=O)NCCc1ccccc1. The van der Waals surface area contributed by atoms with Crippen LogP contribution in [0.25, 0.3) is 0 Å². The van der Waals surface area contributed by atoms with Crippen molar-refractivity contribution in [3.05, 3.63) is 35.9 Å². The number of hydrogen-bond donors (Lipinski definition) is 5.